The van der Waals surface area contributed by atoms with E-state index < -0.39 is 22.8 Å². The molecule has 6 heteroatoms. The zero-order chi connectivity index (χ0) is 18.2. The maximum atomic E-state index is 11.6. The van der Waals surface area contributed by atoms with E-state index in [0.29, 0.717) is 16.8 Å². The number of rotatable bonds is 3. The number of nitrogen functional groups attached to an aromatic ring is 1. The fourth-order valence-electron chi connectivity index (χ4n) is 2.73. The first-order valence-corrected chi connectivity index (χ1v) is 8.50. The van der Waals surface area contributed by atoms with Crippen LogP contribution in [0.3, 0.4) is 0 Å². The molecule has 0 aliphatic heterocycles. The van der Waals surface area contributed by atoms with Crippen LogP contribution in [-0.4, -0.2) is 20.4 Å². The first-order valence-electron chi connectivity index (χ1n) is 7.42. The monoisotopic (exact) mass is 449 g/mol. The molecule has 0 spiro atoms. The Balaban J connectivity index is 2.29. The molecule has 3 rings (SSSR count). The number of aromatic hydroxyl groups is 3. The summed E-state index contributed by atoms with van der Waals surface area (Å²) in [6, 6.07) is 16.3. The van der Waals surface area contributed by atoms with Gasteiger partial charge in [-0.05, 0) is 70.1 Å². The van der Waals surface area contributed by atoms with Gasteiger partial charge in [0.25, 0.3) is 0 Å². The van der Waals surface area contributed by atoms with Crippen LogP contribution in [0, 0.1) is 3.57 Å². The van der Waals surface area contributed by atoms with Crippen LogP contribution in [0.15, 0.2) is 60.7 Å². The van der Waals surface area contributed by atoms with Crippen LogP contribution >= 0.6 is 22.6 Å². The molecule has 0 aromatic heterocycles. The quantitative estimate of drug-likeness (QED) is 0.183. The lowest BCUT2D eigenvalue weighted by molar-refractivity contribution is 0.125. The molecule has 0 aliphatic carbocycles. The standard InChI is InChI=1S/C19H16INO4/c20-14-5-1-11(2-6-14)19(25,12-3-7-15(21)8-4-12)13-9-16(22)18(24)17(23)10-13/h1-10,22-25H,21H2. The average Bonchev–Trinajstić information content (AvgIpc) is 2.59. The maximum Gasteiger partial charge on any atom is 0.200 e. The number of hydrogen-bond acceptors (Lipinski definition) is 5. The summed E-state index contributed by atoms with van der Waals surface area (Å²) >= 11 is 2.16. The van der Waals surface area contributed by atoms with Gasteiger partial charge < -0.3 is 26.2 Å². The zero-order valence-electron chi connectivity index (χ0n) is 13.0. The molecule has 0 bridgehead atoms. The number of phenols is 3. The van der Waals surface area contributed by atoms with Crippen molar-refractivity contribution < 1.29 is 20.4 Å². The van der Waals surface area contributed by atoms with Crippen LogP contribution in [0.4, 0.5) is 5.69 Å². The van der Waals surface area contributed by atoms with Crippen molar-refractivity contribution in [2.75, 3.05) is 5.73 Å². The van der Waals surface area contributed by atoms with Crippen LogP contribution in [0.25, 0.3) is 0 Å². The smallest absolute Gasteiger partial charge is 0.200 e. The Morgan fingerprint density at radius 2 is 1.16 bits per heavy atom. The van der Waals surface area contributed by atoms with Gasteiger partial charge in [-0.3, -0.25) is 0 Å². The molecule has 5 nitrogen and oxygen atoms in total. The second-order valence-corrected chi connectivity index (χ2v) is 6.95. The Hall–Kier alpha value is -2.45. The van der Waals surface area contributed by atoms with E-state index in [1.54, 1.807) is 36.4 Å². The van der Waals surface area contributed by atoms with Crippen LogP contribution in [-0.2, 0) is 5.60 Å². The van der Waals surface area contributed by atoms with Crippen molar-refractivity contribution in [3.8, 4) is 17.2 Å². The van der Waals surface area contributed by atoms with E-state index in [0.717, 1.165) is 3.57 Å². The van der Waals surface area contributed by atoms with Crippen LogP contribution in [0.1, 0.15) is 16.7 Å². The number of anilines is 1. The number of nitrogens with two attached hydrogens (primary N) is 1. The molecule has 0 fully saturated rings. The fourth-order valence-corrected chi connectivity index (χ4v) is 3.09. The van der Waals surface area contributed by atoms with Crippen molar-refractivity contribution in [1.29, 1.82) is 0 Å². The van der Waals surface area contributed by atoms with Crippen LogP contribution in [0.2, 0.25) is 0 Å². The summed E-state index contributed by atoms with van der Waals surface area (Å²) < 4.78 is 0.998. The van der Waals surface area contributed by atoms with Gasteiger partial charge in [0.2, 0.25) is 0 Å². The first kappa shape index (κ1) is 17.4. The van der Waals surface area contributed by atoms with E-state index in [9.17, 15) is 20.4 Å². The minimum atomic E-state index is -1.65. The summed E-state index contributed by atoms with van der Waals surface area (Å²) in [7, 11) is 0. The van der Waals surface area contributed by atoms with Gasteiger partial charge in [0.15, 0.2) is 17.2 Å². The molecule has 0 aliphatic rings. The number of hydrogen-bond donors (Lipinski definition) is 5. The van der Waals surface area contributed by atoms with E-state index >= 15 is 0 Å². The second kappa shape index (κ2) is 6.45. The summed E-state index contributed by atoms with van der Waals surface area (Å²) in [6.45, 7) is 0. The maximum absolute atomic E-state index is 11.6. The van der Waals surface area contributed by atoms with E-state index in [4.69, 9.17) is 5.73 Å². The summed E-state index contributed by atoms with van der Waals surface area (Å²) in [4.78, 5) is 0. The van der Waals surface area contributed by atoms with E-state index in [-0.39, 0.29) is 5.56 Å². The highest BCUT2D eigenvalue weighted by Gasteiger charge is 2.35. The Labute approximate surface area is 158 Å². The molecule has 0 saturated carbocycles. The Kier molecular flexibility index (Phi) is 4.49. The van der Waals surface area contributed by atoms with E-state index in [1.807, 2.05) is 12.1 Å². The topological polar surface area (TPSA) is 107 Å². The van der Waals surface area contributed by atoms with Gasteiger partial charge in [-0.25, -0.2) is 0 Å². The number of halogens is 1. The summed E-state index contributed by atoms with van der Waals surface area (Å²) in [6.07, 6.45) is 0. The van der Waals surface area contributed by atoms with Crippen LogP contribution in [0.5, 0.6) is 17.2 Å². The summed E-state index contributed by atoms with van der Waals surface area (Å²) in [5, 5.41) is 41.0. The molecule has 6 N–H and O–H groups in total. The van der Waals surface area contributed by atoms with Gasteiger partial charge in [-0.15, -0.1) is 0 Å². The predicted octanol–water partition coefficient (Wildman–Crippen LogP) is 3.27. The molecular formula is C19H16INO4. The second-order valence-electron chi connectivity index (χ2n) is 5.70. The molecular weight excluding hydrogens is 433 g/mol. The molecule has 3 aromatic rings. The molecule has 0 heterocycles. The highest BCUT2D eigenvalue weighted by molar-refractivity contribution is 14.1. The SMILES string of the molecule is Nc1ccc(C(O)(c2ccc(I)cc2)c2cc(O)c(O)c(O)c2)cc1. The molecule has 1 atom stereocenters. The van der Waals surface area contributed by atoms with Gasteiger partial charge >= 0.3 is 0 Å². The molecule has 25 heavy (non-hydrogen) atoms. The number of benzene rings is 3. The van der Waals surface area contributed by atoms with Gasteiger partial charge in [0.1, 0.15) is 5.60 Å². The summed E-state index contributed by atoms with van der Waals surface area (Å²) in [5.41, 5.74) is 5.90. The number of aliphatic hydroxyl groups is 1. The van der Waals surface area contributed by atoms with Gasteiger partial charge in [-0.2, -0.15) is 0 Å². The van der Waals surface area contributed by atoms with Gasteiger partial charge in [0.05, 0.1) is 0 Å². The molecule has 3 aromatic carbocycles. The third-order valence-electron chi connectivity index (χ3n) is 4.08. The van der Waals surface area contributed by atoms with Gasteiger partial charge in [-0.1, -0.05) is 24.3 Å². The average molecular weight is 449 g/mol. The normalized spacial score (nSPS) is 13.4. The predicted molar refractivity (Wildman–Crippen MR) is 104 cm³/mol. The lowest BCUT2D eigenvalue weighted by Crippen LogP contribution is -2.28. The van der Waals surface area contributed by atoms with Crippen molar-refractivity contribution in [1.82, 2.24) is 0 Å². The third kappa shape index (κ3) is 3.10. The highest BCUT2D eigenvalue weighted by atomic mass is 127. The molecule has 0 saturated heterocycles. The van der Waals surface area contributed by atoms with Crippen molar-refractivity contribution in [2.24, 2.45) is 0 Å². The number of phenolic OH excluding ortho intramolecular Hbond substituents is 3. The Bertz CT molecular complexity index is 839. The minimum Gasteiger partial charge on any atom is -0.504 e. The lowest BCUT2D eigenvalue weighted by atomic mass is 9.80. The molecule has 128 valence electrons. The van der Waals surface area contributed by atoms with Gasteiger partial charge in [0, 0.05) is 14.8 Å². The van der Waals surface area contributed by atoms with Crippen molar-refractivity contribution in [2.45, 2.75) is 5.60 Å². The van der Waals surface area contributed by atoms with Crippen LogP contribution < -0.4 is 5.73 Å². The highest BCUT2D eigenvalue weighted by Crippen LogP contribution is 2.43. The van der Waals surface area contributed by atoms with Crippen molar-refractivity contribution in [3.63, 3.8) is 0 Å². The van der Waals surface area contributed by atoms with Crippen molar-refractivity contribution >= 4 is 28.3 Å². The molecule has 1 unspecified atom stereocenters. The lowest BCUT2D eigenvalue weighted by Gasteiger charge is -2.30. The summed E-state index contributed by atoms with van der Waals surface area (Å²) in [5.74, 6) is -1.67. The molecule has 0 amide bonds. The Morgan fingerprint density at radius 3 is 1.64 bits per heavy atom. The fraction of sp³-hybridized carbons (Fsp3) is 0.0526. The van der Waals surface area contributed by atoms with E-state index in [1.165, 1.54) is 12.1 Å². The largest absolute Gasteiger partial charge is 0.504 e. The first-order chi connectivity index (χ1) is 11.8. The minimum absolute atomic E-state index is 0.214. The molecule has 0 radical (unpaired) electrons. The third-order valence-corrected chi connectivity index (χ3v) is 4.80. The zero-order valence-corrected chi connectivity index (χ0v) is 15.2. The Morgan fingerprint density at radius 1 is 0.720 bits per heavy atom. The van der Waals surface area contributed by atoms with Crippen molar-refractivity contribution in [3.05, 3.63) is 80.9 Å². The van der Waals surface area contributed by atoms with E-state index in [2.05, 4.69) is 22.6 Å².